The molecule has 0 saturated carbocycles. The fourth-order valence-corrected chi connectivity index (χ4v) is 3.12. The third kappa shape index (κ3) is 3.11. The quantitative estimate of drug-likeness (QED) is 0.578. The SMILES string of the molecule is COc1cc(F)c(Br)cc1C(Br)c1c(F)ccc(C)c1F. The third-order valence-electron chi connectivity index (χ3n) is 3.12. The highest BCUT2D eigenvalue weighted by atomic mass is 79.9. The van der Waals surface area contributed by atoms with Gasteiger partial charge in [0.25, 0.3) is 0 Å². The Morgan fingerprint density at radius 3 is 2.38 bits per heavy atom. The van der Waals surface area contributed by atoms with Gasteiger partial charge in [0, 0.05) is 17.2 Å². The van der Waals surface area contributed by atoms with Gasteiger partial charge in [-0.1, -0.05) is 22.0 Å². The van der Waals surface area contributed by atoms with Crippen LogP contribution in [-0.4, -0.2) is 7.11 Å². The van der Waals surface area contributed by atoms with Gasteiger partial charge in [0.2, 0.25) is 0 Å². The molecule has 2 aromatic carbocycles. The molecule has 0 N–H and O–H groups in total. The number of alkyl halides is 1. The van der Waals surface area contributed by atoms with Gasteiger partial charge in [-0.3, -0.25) is 0 Å². The van der Waals surface area contributed by atoms with E-state index < -0.39 is 22.3 Å². The molecule has 0 heterocycles. The molecule has 1 unspecified atom stereocenters. The van der Waals surface area contributed by atoms with E-state index in [0.29, 0.717) is 11.1 Å². The van der Waals surface area contributed by atoms with Crippen LogP contribution in [-0.2, 0) is 0 Å². The number of ether oxygens (including phenoxy) is 1. The summed E-state index contributed by atoms with van der Waals surface area (Å²) in [5.41, 5.74) is 0.622. The van der Waals surface area contributed by atoms with Crippen molar-refractivity contribution in [1.29, 1.82) is 0 Å². The summed E-state index contributed by atoms with van der Waals surface area (Å²) in [5, 5.41) is 0. The molecule has 2 aromatic rings. The van der Waals surface area contributed by atoms with E-state index in [9.17, 15) is 13.2 Å². The minimum absolute atomic E-state index is 0.133. The van der Waals surface area contributed by atoms with E-state index >= 15 is 0 Å². The Morgan fingerprint density at radius 2 is 1.76 bits per heavy atom. The average Bonchev–Trinajstić information content (AvgIpc) is 2.45. The van der Waals surface area contributed by atoms with Gasteiger partial charge in [0.05, 0.1) is 16.4 Å². The fourth-order valence-electron chi connectivity index (χ4n) is 1.98. The summed E-state index contributed by atoms with van der Waals surface area (Å²) in [4.78, 5) is -0.802. The van der Waals surface area contributed by atoms with Gasteiger partial charge >= 0.3 is 0 Å². The molecule has 0 aliphatic rings. The molecule has 0 bridgehead atoms. The first-order valence-electron chi connectivity index (χ1n) is 5.98. The first kappa shape index (κ1) is 16.4. The van der Waals surface area contributed by atoms with Crippen LogP contribution in [0.3, 0.4) is 0 Å². The highest BCUT2D eigenvalue weighted by Gasteiger charge is 2.24. The van der Waals surface area contributed by atoms with E-state index in [0.717, 1.165) is 0 Å². The Balaban J connectivity index is 2.63. The molecule has 0 radical (unpaired) electrons. The molecule has 6 heteroatoms. The molecule has 0 saturated heterocycles. The zero-order valence-electron chi connectivity index (χ0n) is 11.2. The van der Waals surface area contributed by atoms with Crippen LogP contribution in [0.5, 0.6) is 5.75 Å². The lowest BCUT2D eigenvalue weighted by molar-refractivity contribution is 0.406. The van der Waals surface area contributed by atoms with E-state index in [4.69, 9.17) is 4.74 Å². The van der Waals surface area contributed by atoms with E-state index in [1.54, 1.807) is 6.92 Å². The molecule has 1 nitrogen and oxygen atoms in total. The molecule has 0 amide bonds. The van der Waals surface area contributed by atoms with E-state index in [-0.39, 0.29) is 15.8 Å². The van der Waals surface area contributed by atoms with Crippen LogP contribution in [0.15, 0.2) is 28.7 Å². The van der Waals surface area contributed by atoms with E-state index in [2.05, 4.69) is 31.9 Å². The summed E-state index contributed by atoms with van der Waals surface area (Å²) in [6.07, 6.45) is 0. The second-order valence-electron chi connectivity index (χ2n) is 4.46. The van der Waals surface area contributed by atoms with Gasteiger partial charge in [-0.25, -0.2) is 13.2 Å². The largest absolute Gasteiger partial charge is 0.496 e. The van der Waals surface area contributed by atoms with E-state index in [1.165, 1.54) is 31.4 Å². The number of hydrogen-bond acceptors (Lipinski definition) is 1. The molecule has 0 fully saturated rings. The normalized spacial score (nSPS) is 12.3. The highest BCUT2D eigenvalue weighted by Crippen LogP contribution is 2.41. The highest BCUT2D eigenvalue weighted by molar-refractivity contribution is 9.10. The van der Waals surface area contributed by atoms with Crippen LogP contribution in [0.2, 0.25) is 0 Å². The number of halogens is 5. The first-order chi connectivity index (χ1) is 9.86. The maximum Gasteiger partial charge on any atom is 0.141 e. The smallest absolute Gasteiger partial charge is 0.141 e. The van der Waals surface area contributed by atoms with Crippen molar-refractivity contribution in [2.45, 2.75) is 11.8 Å². The van der Waals surface area contributed by atoms with Gasteiger partial charge < -0.3 is 4.74 Å². The van der Waals surface area contributed by atoms with Crippen molar-refractivity contribution >= 4 is 31.9 Å². The number of methoxy groups -OCH3 is 1. The standard InChI is InChI=1S/C15H11Br2F3O/c1-7-3-4-10(18)13(15(7)20)14(17)8-5-9(16)11(19)6-12(8)21-2/h3-6,14H,1-2H3. The van der Waals surface area contributed by atoms with Gasteiger partial charge in [-0.05, 0) is 40.5 Å². The molecule has 21 heavy (non-hydrogen) atoms. The molecule has 1 atom stereocenters. The number of aryl methyl sites for hydroxylation is 1. The summed E-state index contributed by atoms with van der Waals surface area (Å²) in [7, 11) is 1.37. The van der Waals surface area contributed by atoms with Crippen molar-refractivity contribution in [3.63, 3.8) is 0 Å². The lowest BCUT2D eigenvalue weighted by Crippen LogP contribution is -2.05. The molecule has 2 rings (SSSR count). The zero-order chi connectivity index (χ0) is 15.7. The Hall–Kier alpha value is -1.01. The summed E-state index contributed by atoms with van der Waals surface area (Å²) < 4.78 is 47.0. The van der Waals surface area contributed by atoms with Crippen molar-refractivity contribution in [1.82, 2.24) is 0 Å². The minimum Gasteiger partial charge on any atom is -0.496 e. The van der Waals surface area contributed by atoms with Gasteiger partial charge in [0.1, 0.15) is 23.2 Å². The second-order valence-corrected chi connectivity index (χ2v) is 6.23. The average molecular weight is 424 g/mol. The van der Waals surface area contributed by atoms with Crippen LogP contribution in [0.1, 0.15) is 21.5 Å². The minimum atomic E-state index is -0.802. The van der Waals surface area contributed by atoms with Crippen molar-refractivity contribution in [2.24, 2.45) is 0 Å². The van der Waals surface area contributed by atoms with Crippen LogP contribution in [0, 0.1) is 24.4 Å². The van der Waals surface area contributed by atoms with Gasteiger partial charge in [-0.2, -0.15) is 0 Å². The van der Waals surface area contributed by atoms with Gasteiger partial charge in [-0.15, -0.1) is 0 Å². The fraction of sp³-hybridized carbons (Fsp3) is 0.200. The molecular formula is C15H11Br2F3O. The second kappa shape index (κ2) is 6.40. The maximum atomic E-state index is 14.2. The van der Waals surface area contributed by atoms with Crippen molar-refractivity contribution in [3.05, 3.63) is 62.9 Å². The number of rotatable bonds is 3. The number of benzene rings is 2. The van der Waals surface area contributed by atoms with Gasteiger partial charge in [0.15, 0.2) is 0 Å². The lowest BCUT2D eigenvalue weighted by atomic mass is 10.0. The van der Waals surface area contributed by atoms with E-state index in [1.807, 2.05) is 0 Å². The summed E-state index contributed by atoms with van der Waals surface area (Å²) in [5.74, 6) is -1.62. The lowest BCUT2D eigenvalue weighted by Gasteiger charge is -2.17. The van der Waals surface area contributed by atoms with Crippen LogP contribution in [0.25, 0.3) is 0 Å². The molecule has 0 spiro atoms. The Labute approximate surface area is 137 Å². The van der Waals surface area contributed by atoms with Crippen LogP contribution < -0.4 is 4.74 Å². The van der Waals surface area contributed by atoms with Crippen molar-refractivity contribution < 1.29 is 17.9 Å². The molecule has 0 aliphatic carbocycles. The topological polar surface area (TPSA) is 9.23 Å². The molecular weight excluding hydrogens is 413 g/mol. The summed E-state index contributed by atoms with van der Waals surface area (Å²) >= 11 is 6.34. The monoisotopic (exact) mass is 422 g/mol. The summed E-state index contributed by atoms with van der Waals surface area (Å²) in [6.45, 7) is 1.55. The van der Waals surface area contributed by atoms with Crippen LogP contribution in [0.4, 0.5) is 13.2 Å². The zero-order valence-corrected chi connectivity index (χ0v) is 14.4. The molecule has 112 valence electrons. The van der Waals surface area contributed by atoms with Crippen LogP contribution >= 0.6 is 31.9 Å². The Bertz CT molecular complexity index is 689. The third-order valence-corrected chi connectivity index (χ3v) is 4.68. The molecule has 0 aromatic heterocycles. The first-order valence-corrected chi connectivity index (χ1v) is 7.69. The maximum absolute atomic E-state index is 14.2. The Kier molecular flexibility index (Phi) is 4.99. The summed E-state index contributed by atoms with van der Waals surface area (Å²) in [6, 6.07) is 5.17. The predicted molar refractivity (Wildman–Crippen MR) is 82.5 cm³/mol. The Morgan fingerprint density at radius 1 is 1.10 bits per heavy atom. The molecule has 0 aliphatic heterocycles. The number of hydrogen-bond donors (Lipinski definition) is 0. The van der Waals surface area contributed by atoms with Crippen molar-refractivity contribution in [2.75, 3.05) is 7.11 Å². The predicted octanol–water partition coefficient (Wildman–Crippen LogP) is 5.67. The van der Waals surface area contributed by atoms with Crippen molar-refractivity contribution in [3.8, 4) is 5.75 Å².